The van der Waals surface area contributed by atoms with Crippen LogP contribution in [0.2, 0.25) is 0 Å². The average molecular weight is 521 g/mol. The Morgan fingerprint density at radius 1 is 0.462 bits per heavy atom. The highest BCUT2D eigenvalue weighted by atomic mass is 19.2. The van der Waals surface area contributed by atoms with Crippen LogP contribution in [-0.2, 0) is 0 Å². The maximum atomic E-state index is 14.7. The zero-order chi connectivity index (χ0) is 28.4. The summed E-state index contributed by atoms with van der Waals surface area (Å²) in [6.07, 6.45) is 0. The standard InChI is InChI=1S/C29H8F5N5/c30-25-24(26(31)28(33)29(34)27(25)32)20(13-39)23-21(16-5-1-14(2-6-16)18(9-35)10-36)22(23)17-7-3-15(4-8-17)19(11-37)12-38/h1-8H. The number of rotatable bonds is 1. The number of hydrogen-bond donors (Lipinski definition) is 0. The first kappa shape index (κ1) is 26.1. The van der Waals surface area contributed by atoms with Crippen molar-refractivity contribution >= 4 is 27.9 Å². The zero-order valence-electron chi connectivity index (χ0n) is 19.2. The first-order valence-electron chi connectivity index (χ1n) is 10.7. The van der Waals surface area contributed by atoms with Crippen molar-refractivity contribution in [2.75, 3.05) is 0 Å². The second kappa shape index (κ2) is 10.2. The fourth-order valence-electron chi connectivity index (χ4n) is 3.99. The van der Waals surface area contributed by atoms with E-state index in [-0.39, 0.29) is 38.3 Å². The summed E-state index contributed by atoms with van der Waals surface area (Å²) in [5, 5.41) is 47.4. The lowest BCUT2D eigenvalue weighted by atomic mass is 10.0. The van der Waals surface area contributed by atoms with Gasteiger partial charge in [0.05, 0.1) is 11.1 Å². The number of halogens is 5. The van der Waals surface area contributed by atoms with Crippen LogP contribution in [0.25, 0.3) is 27.9 Å². The van der Waals surface area contributed by atoms with E-state index in [9.17, 15) is 27.2 Å². The number of nitrogens with zero attached hydrogens (tertiary/aromatic N) is 5. The summed E-state index contributed by atoms with van der Waals surface area (Å²) in [5.41, 5.74) is -2.15. The Morgan fingerprint density at radius 3 is 1.10 bits per heavy atom. The molecular formula is C29H8F5N5. The molecule has 0 heterocycles. The Bertz CT molecular complexity index is 1910. The number of nitriles is 5. The first-order valence-corrected chi connectivity index (χ1v) is 10.7. The predicted molar refractivity (Wildman–Crippen MR) is 126 cm³/mol. The van der Waals surface area contributed by atoms with E-state index < -0.39 is 40.2 Å². The Kier molecular flexibility index (Phi) is 6.78. The molecule has 0 amide bonds. The van der Waals surface area contributed by atoms with Crippen LogP contribution in [0, 0.1) is 85.7 Å². The molecule has 0 bridgehead atoms. The summed E-state index contributed by atoms with van der Waals surface area (Å²) in [7, 11) is 0. The van der Waals surface area contributed by atoms with E-state index in [1.807, 2.05) is 0 Å². The molecule has 0 radical (unpaired) electrons. The second-order valence-corrected chi connectivity index (χ2v) is 7.91. The van der Waals surface area contributed by atoms with Crippen LogP contribution in [0.5, 0.6) is 0 Å². The van der Waals surface area contributed by atoms with Crippen LogP contribution in [0.4, 0.5) is 22.0 Å². The molecule has 0 aromatic heterocycles. The summed E-state index contributed by atoms with van der Waals surface area (Å²) in [6, 6.07) is 20.0. The highest BCUT2D eigenvalue weighted by Crippen LogP contribution is 2.51. The lowest BCUT2D eigenvalue weighted by Crippen LogP contribution is -2.11. The molecule has 0 saturated heterocycles. The van der Waals surface area contributed by atoms with Gasteiger partial charge < -0.3 is 0 Å². The third kappa shape index (κ3) is 4.28. The quantitative estimate of drug-likeness (QED) is 0.211. The minimum absolute atomic E-state index is 0.0873. The molecule has 1 aliphatic rings. The van der Waals surface area contributed by atoms with Crippen molar-refractivity contribution in [1.29, 1.82) is 26.3 Å². The number of benzene rings is 3. The van der Waals surface area contributed by atoms with Gasteiger partial charge in [0.15, 0.2) is 23.3 Å². The Balaban J connectivity index is 2.17. The van der Waals surface area contributed by atoms with Crippen molar-refractivity contribution in [3.63, 3.8) is 0 Å². The fourth-order valence-corrected chi connectivity index (χ4v) is 3.99. The van der Waals surface area contributed by atoms with E-state index in [1.165, 1.54) is 48.5 Å². The van der Waals surface area contributed by atoms with Gasteiger partial charge in [0.25, 0.3) is 0 Å². The molecule has 1 fully saturated rings. The molecule has 3 aromatic carbocycles. The van der Waals surface area contributed by atoms with Crippen molar-refractivity contribution in [2.45, 2.75) is 0 Å². The normalized spacial score (nSPS) is 11.4. The monoisotopic (exact) mass is 521 g/mol. The number of hydrogen-bond acceptors (Lipinski definition) is 5. The molecule has 5 nitrogen and oxygen atoms in total. The van der Waals surface area contributed by atoms with Crippen LogP contribution in [0.1, 0.15) is 5.56 Å². The smallest absolute Gasteiger partial charge is 0.200 e. The van der Waals surface area contributed by atoms with Gasteiger partial charge in [0.2, 0.25) is 5.82 Å². The van der Waals surface area contributed by atoms with Gasteiger partial charge in [0.1, 0.15) is 41.5 Å². The van der Waals surface area contributed by atoms with E-state index >= 15 is 0 Å². The Morgan fingerprint density at radius 2 is 0.795 bits per heavy atom. The molecule has 0 unspecified atom stereocenters. The highest BCUT2D eigenvalue weighted by Gasteiger charge is 2.39. The van der Waals surface area contributed by atoms with Crippen molar-refractivity contribution in [1.82, 2.24) is 0 Å². The SMILES string of the molecule is N#CC(=C1C(=c2ccc(=C(C#N)C#N)cc2)C1=c1ccc(=C(C#N)C#N)cc1)c1c(F)c(F)c(F)c(F)c1F. The minimum Gasteiger partial charge on any atom is -0.203 e. The summed E-state index contributed by atoms with van der Waals surface area (Å²) in [5.74, 6) is -11.1. The molecule has 0 N–H and O–H groups in total. The summed E-state index contributed by atoms with van der Waals surface area (Å²) in [6.45, 7) is 0. The molecule has 0 atom stereocenters. The van der Waals surface area contributed by atoms with Crippen molar-refractivity contribution in [3.8, 4) is 30.3 Å². The Hall–Kier alpha value is -6.02. The maximum Gasteiger partial charge on any atom is 0.200 e. The van der Waals surface area contributed by atoms with Crippen LogP contribution in [0.15, 0.2) is 54.1 Å². The van der Waals surface area contributed by atoms with Crippen LogP contribution < -0.4 is 20.9 Å². The van der Waals surface area contributed by atoms with Crippen LogP contribution in [-0.4, -0.2) is 0 Å². The maximum absolute atomic E-state index is 14.7. The van der Waals surface area contributed by atoms with Gasteiger partial charge in [-0.2, -0.15) is 26.3 Å². The van der Waals surface area contributed by atoms with E-state index in [2.05, 4.69) is 0 Å². The first-order chi connectivity index (χ1) is 18.7. The van der Waals surface area contributed by atoms with Gasteiger partial charge >= 0.3 is 0 Å². The van der Waals surface area contributed by atoms with Gasteiger partial charge in [-0.25, -0.2) is 22.0 Å². The molecule has 1 saturated carbocycles. The average Bonchev–Trinajstić information content (AvgIpc) is 3.70. The van der Waals surface area contributed by atoms with E-state index in [0.717, 1.165) is 0 Å². The fraction of sp³-hybridized carbons (Fsp3) is 0. The van der Waals surface area contributed by atoms with E-state index in [1.54, 1.807) is 30.3 Å². The molecule has 184 valence electrons. The molecule has 4 rings (SSSR count). The van der Waals surface area contributed by atoms with Gasteiger partial charge in [-0.1, -0.05) is 48.5 Å². The van der Waals surface area contributed by atoms with Crippen LogP contribution in [0.3, 0.4) is 0 Å². The third-order valence-electron chi connectivity index (χ3n) is 5.88. The molecule has 10 heteroatoms. The minimum atomic E-state index is -2.37. The van der Waals surface area contributed by atoms with E-state index in [4.69, 9.17) is 21.0 Å². The molecule has 0 spiro atoms. The predicted octanol–water partition coefficient (Wildman–Crippen LogP) is 2.77. The number of allylic oxidation sites excluding steroid dienone is 2. The molecule has 1 aliphatic carbocycles. The highest BCUT2D eigenvalue weighted by molar-refractivity contribution is 6.33. The lowest BCUT2D eigenvalue weighted by molar-refractivity contribution is 0.376. The Labute approximate surface area is 216 Å². The second-order valence-electron chi connectivity index (χ2n) is 7.91. The lowest BCUT2D eigenvalue weighted by Gasteiger charge is -2.06. The third-order valence-corrected chi connectivity index (χ3v) is 5.88. The zero-order valence-corrected chi connectivity index (χ0v) is 19.2. The topological polar surface area (TPSA) is 119 Å². The van der Waals surface area contributed by atoms with Gasteiger partial charge in [-0.15, -0.1) is 0 Å². The van der Waals surface area contributed by atoms with Crippen LogP contribution >= 0.6 is 0 Å². The van der Waals surface area contributed by atoms with Gasteiger partial charge in [-0.3, -0.25) is 0 Å². The van der Waals surface area contributed by atoms with Gasteiger partial charge in [-0.05, 0) is 21.6 Å². The summed E-state index contributed by atoms with van der Waals surface area (Å²) < 4.78 is 71.0. The summed E-state index contributed by atoms with van der Waals surface area (Å²) in [4.78, 5) is 0. The van der Waals surface area contributed by atoms with E-state index in [0.29, 0.717) is 10.4 Å². The van der Waals surface area contributed by atoms with Crippen molar-refractivity contribution < 1.29 is 22.0 Å². The molecule has 3 aromatic rings. The molecular weight excluding hydrogens is 513 g/mol. The largest absolute Gasteiger partial charge is 0.203 e. The summed E-state index contributed by atoms with van der Waals surface area (Å²) >= 11 is 0. The molecule has 39 heavy (non-hydrogen) atoms. The molecule has 0 aliphatic heterocycles. The van der Waals surface area contributed by atoms with Crippen molar-refractivity contribution in [2.24, 2.45) is 0 Å². The van der Waals surface area contributed by atoms with Crippen molar-refractivity contribution in [3.05, 3.63) is 110 Å². The van der Waals surface area contributed by atoms with Gasteiger partial charge in [0, 0.05) is 16.0 Å².